The topological polar surface area (TPSA) is 67.6 Å². The van der Waals surface area contributed by atoms with E-state index in [4.69, 9.17) is 10.5 Å². The highest BCUT2D eigenvalue weighted by Gasteiger charge is 2.32. The van der Waals surface area contributed by atoms with Crippen molar-refractivity contribution in [3.8, 4) is 5.75 Å². The van der Waals surface area contributed by atoms with Gasteiger partial charge < -0.3 is 15.8 Å². The molecule has 27 heavy (non-hydrogen) atoms. The molecule has 0 spiro atoms. The van der Waals surface area contributed by atoms with Gasteiger partial charge in [0.1, 0.15) is 12.4 Å². The van der Waals surface area contributed by atoms with Crippen molar-refractivity contribution in [2.45, 2.75) is 26.5 Å². The van der Waals surface area contributed by atoms with Crippen LogP contribution in [-0.4, -0.2) is 37.0 Å². The van der Waals surface area contributed by atoms with Gasteiger partial charge in [0.25, 0.3) is 0 Å². The number of nitrogens with one attached hydrogen (secondary N) is 1. The minimum Gasteiger partial charge on any atom is -0.489 e. The van der Waals surface area contributed by atoms with Crippen LogP contribution >= 0.6 is 0 Å². The molecule has 3 rings (SSSR count). The lowest BCUT2D eigenvalue weighted by Gasteiger charge is -2.22. The van der Waals surface area contributed by atoms with Crippen molar-refractivity contribution in [1.29, 1.82) is 0 Å². The van der Waals surface area contributed by atoms with Gasteiger partial charge in [-0.15, -0.1) is 0 Å². The highest BCUT2D eigenvalue weighted by atomic mass is 16.5. The van der Waals surface area contributed by atoms with Crippen LogP contribution in [0.2, 0.25) is 0 Å². The number of nitrogens with zero attached hydrogens (tertiary/aromatic N) is 1. The summed E-state index contributed by atoms with van der Waals surface area (Å²) in [5.74, 6) is 0.925. The normalized spacial score (nSPS) is 19.8. The first kappa shape index (κ1) is 19.4. The highest BCUT2D eigenvalue weighted by molar-refractivity contribution is 5.78. The van der Waals surface area contributed by atoms with Crippen LogP contribution in [0.4, 0.5) is 0 Å². The third-order valence-electron chi connectivity index (χ3n) is 5.16. The van der Waals surface area contributed by atoms with E-state index in [1.165, 1.54) is 0 Å². The Balaban J connectivity index is 1.40. The minimum absolute atomic E-state index is 0.0627. The summed E-state index contributed by atoms with van der Waals surface area (Å²) in [6, 6.07) is 17.9. The zero-order valence-electron chi connectivity index (χ0n) is 16.0. The second-order valence-corrected chi connectivity index (χ2v) is 7.67. The smallest absolute Gasteiger partial charge is 0.234 e. The SMILES string of the molecule is CC1(CN)CCN(CC(=O)NCc2ccc(COc3ccccc3)cc2)C1. The maximum absolute atomic E-state index is 12.2. The number of para-hydroxylation sites is 1. The maximum Gasteiger partial charge on any atom is 0.234 e. The van der Waals surface area contributed by atoms with Crippen molar-refractivity contribution in [3.05, 3.63) is 65.7 Å². The lowest BCUT2D eigenvalue weighted by atomic mass is 9.90. The summed E-state index contributed by atoms with van der Waals surface area (Å²) in [6.45, 7) is 6.22. The number of amides is 1. The molecule has 1 amide bonds. The van der Waals surface area contributed by atoms with Crippen LogP contribution in [0.5, 0.6) is 5.75 Å². The second-order valence-electron chi connectivity index (χ2n) is 7.67. The Morgan fingerprint density at radius 1 is 1.15 bits per heavy atom. The van der Waals surface area contributed by atoms with Crippen molar-refractivity contribution < 1.29 is 9.53 Å². The summed E-state index contributed by atoms with van der Waals surface area (Å²) in [7, 11) is 0. The molecule has 1 saturated heterocycles. The lowest BCUT2D eigenvalue weighted by Crippen LogP contribution is -2.38. The second kappa shape index (κ2) is 9.02. The number of ether oxygens (including phenoxy) is 1. The molecule has 0 bridgehead atoms. The number of likely N-dealkylation sites (tertiary alicyclic amines) is 1. The molecule has 2 aromatic rings. The molecule has 1 unspecified atom stereocenters. The number of hydrogen-bond acceptors (Lipinski definition) is 4. The van der Waals surface area contributed by atoms with Gasteiger partial charge in [-0.1, -0.05) is 49.4 Å². The molecule has 0 aromatic heterocycles. The highest BCUT2D eigenvalue weighted by Crippen LogP contribution is 2.27. The zero-order chi connectivity index (χ0) is 19.1. The number of carbonyl (C=O) groups excluding carboxylic acids is 1. The molecule has 5 nitrogen and oxygen atoms in total. The fourth-order valence-corrected chi connectivity index (χ4v) is 3.32. The molecule has 1 aliphatic rings. The summed E-state index contributed by atoms with van der Waals surface area (Å²) < 4.78 is 5.75. The zero-order valence-corrected chi connectivity index (χ0v) is 16.0. The van der Waals surface area contributed by atoms with Gasteiger partial charge in [0, 0.05) is 13.1 Å². The van der Waals surface area contributed by atoms with E-state index in [1.54, 1.807) is 0 Å². The van der Waals surface area contributed by atoms with E-state index in [1.807, 2.05) is 54.6 Å². The summed E-state index contributed by atoms with van der Waals surface area (Å²) >= 11 is 0. The summed E-state index contributed by atoms with van der Waals surface area (Å²) in [6.07, 6.45) is 1.06. The van der Waals surface area contributed by atoms with Gasteiger partial charge in [-0.05, 0) is 48.2 Å². The molecule has 0 radical (unpaired) electrons. The average molecular weight is 367 g/mol. The third kappa shape index (κ3) is 5.81. The predicted octanol–water partition coefficient (Wildman–Crippen LogP) is 2.55. The Hall–Kier alpha value is -2.37. The van der Waals surface area contributed by atoms with Gasteiger partial charge in [-0.25, -0.2) is 0 Å². The lowest BCUT2D eigenvalue weighted by molar-refractivity contribution is -0.122. The van der Waals surface area contributed by atoms with Crippen molar-refractivity contribution >= 4 is 5.91 Å². The first-order valence-electron chi connectivity index (χ1n) is 9.51. The van der Waals surface area contributed by atoms with Crippen LogP contribution < -0.4 is 15.8 Å². The molecule has 1 fully saturated rings. The summed E-state index contributed by atoms with van der Waals surface area (Å²) in [5.41, 5.74) is 8.16. The van der Waals surface area contributed by atoms with Crippen LogP contribution in [0, 0.1) is 5.41 Å². The Labute approximate surface area is 161 Å². The molecular formula is C22H29N3O2. The summed E-state index contributed by atoms with van der Waals surface area (Å²) in [5, 5.41) is 3.01. The van der Waals surface area contributed by atoms with Crippen LogP contribution in [0.3, 0.4) is 0 Å². The fourth-order valence-electron chi connectivity index (χ4n) is 3.32. The fraction of sp³-hybridized carbons (Fsp3) is 0.409. The standard InChI is InChI=1S/C22H29N3O2/c1-22(16-23)11-12-25(17-22)14-21(26)24-13-18-7-9-19(10-8-18)15-27-20-5-3-2-4-6-20/h2-10H,11-17,23H2,1H3,(H,24,26). The van der Waals surface area contributed by atoms with Crippen LogP contribution in [0.1, 0.15) is 24.5 Å². The van der Waals surface area contributed by atoms with Gasteiger partial charge in [0.2, 0.25) is 5.91 Å². The van der Waals surface area contributed by atoms with Gasteiger partial charge in [0.15, 0.2) is 0 Å². The number of carbonyl (C=O) groups is 1. The number of nitrogens with two attached hydrogens (primary N) is 1. The Morgan fingerprint density at radius 2 is 1.85 bits per heavy atom. The molecule has 1 heterocycles. The summed E-state index contributed by atoms with van der Waals surface area (Å²) in [4.78, 5) is 14.4. The van der Waals surface area contributed by atoms with Gasteiger partial charge in [-0.3, -0.25) is 9.69 Å². The van der Waals surface area contributed by atoms with E-state index >= 15 is 0 Å². The van der Waals surface area contributed by atoms with E-state index in [9.17, 15) is 4.79 Å². The van der Waals surface area contributed by atoms with E-state index in [-0.39, 0.29) is 11.3 Å². The first-order chi connectivity index (χ1) is 13.1. The molecule has 1 atom stereocenters. The van der Waals surface area contributed by atoms with Crippen molar-refractivity contribution in [2.75, 3.05) is 26.2 Å². The molecule has 2 aromatic carbocycles. The van der Waals surface area contributed by atoms with Crippen LogP contribution in [0.25, 0.3) is 0 Å². The quantitative estimate of drug-likeness (QED) is 0.752. The molecular weight excluding hydrogens is 338 g/mol. The molecule has 0 aliphatic carbocycles. The van der Waals surface area contributed by atoms with E-state index in [0.29, 0.717) is 26.2 Å². The molecule has 5 heteroatoms. The van der Waals surface area contributed by atoms with Crippen molar-refractivity contribution in [1.82, 2.24) is 10.2 Å². The molecule has 1 aliphatic heterocycles. The monoisotopic (exact) mass is 367 g/mol. The number of benzene rings is 2. The Bertz CT molecular complexity index is 733. The van der Waals surface area contributed by atoms with E-state index in [0.717, 1.165) is 36.4 Å². The Morgan fingerprint density at radius 3 is 2.52 bits per heavy atom. The van der Waals surface area contributed by atoms with E-state index < -0.39 is 0 Å². The number of rotatable bonds is 8. The maximum atomic E-state index is 12.2. The van der Waals surface area contributed by atoms with E-state index in [2.05, 4.69) is 17.1 Å². The Kier molecular flexibility index (Phi) is 6.48. The first-order valence-corrected chi connectivity index (χ1v) is 9.51. The van der Waals surface area contributed by atoms with Crippen molar-refractivity contribution in [2.24, 2.45) is 11.1 Å². The van der Waals surface area contributed by atoms with Gasteiger partial charge in [0.05, 0.1) is 6.54 Å². The third-order valence-corrected chi connectivity index (χ3v) is 5.16. The van der Waals surface area contributed by atoms with Crippen LogP contribution in [-0.2, 0) is 17.9 Å². The van der Waals surface area contributed by atoms with Gasteiger partial charge >= 0.3 is 0 Å². The predicted molar refractivity (Wildman–Crippen MR) is 107 cm³/mol. The molecule has 144 valence electrons. The molecule has 3 N–H and O–H groups in total. The molecule has 0 saturated carbocycles. The largest absolute Gasteiger partial charge is 0.489 e. The van der Waals surface area contributed by atoms with Crippen molar-refractivity contribution in [3.63, 3.8) is 0 Å². The van der Waals surface area contributed by atoms with Crippen LogP contribution in [0.15, 0.2) is 54.6 Å². The van der Waals surface area contributed by atoms with Gasteiger partial charge in [-0.2, -0.15) is 0 Å². The average Bonchev–Trinajstić information content (AvgIpc) is 3.07. The minimum atomic E-state index is 0.0627. The number of hydrogen-bond donors (Lipinski definition) is 2.